The lowest BCUT2D eigenvalue weighted by molar-refractivity contribution is 0.238. The van der Waals surface area contributed by atoms with Crippen molar-refractivity contribution in [3.05, 3.63) is 48.0 Å². The zero-order chi connectivity index (χ0) is 14.8. The average molecular weight is 293 g/mol. The van der Waals surface area contributed by atoms with Crippen LogP contribution < -0.4 is 5.32 Å². The number of aromatic amines is 1. The zero-order valence-electron chi connectivity index (χ0n) is 12.9. The molecule has 1 aromatic heterocycles. The van der Waals surface area contributed by atoms with Gasteiger partial charge in [-0.3, -0.25) is 0 Å². The summed E-state index contributed by atoms with van der Waals surface area (Å²) in [5, 5.41) is 6.11. The molecule has 114 valence electrons. The summed E-state index contributed by atoms with van der Waals surface area (Å²) in [6.07, 6.45) is 2.38. The number of aromatic nitrogens is 1. The van der Waals surface area contributed by atoms with E-state index in [1.54, 1.807) is 0 Å². The minimum absolute atomic E-state index is 1.14. The second-order valence-corrected chi connectivity index (χ2v) is 6.21. The van der Waals surface area contributed by atoms with Gasteiger partial charge in [-0.25, -0.2) is 0 Å². The smallest absolute Gasteiger partial charge is 0.0497 e. The van der Waals surface area contributed by atoms with Crippen molar-refractivity contribution in [1.82, 2.24) is 15.2 Å². The Labute approximate surface area is 131 Å². The lowest BCUT2D eigenvalue weighted by Gasteiger charge is -2.27. The van der Waals surface area contributed by atoms with Crippen molar-refractivity contribution in [2.24, 2.45) is 0 Å². The third kappa shape index (κ3) is 2.62. The van der Waals surface area contributed by atoms with Gasteiger partial charge in [-0.15, -0.1) is 0 Å². The molecular weight excluding hydrogens is 270 g/mol. The summed E-state index contributed by atoms with van der Waals surface area (Å²) >= 11 is 0. The second kappa shape index (κ2) is 6.11. The molecule has 0 bridgehead atoms. The van der Waals surface area contributed by atoms with Crippen molar-refractivity contribution < 1.29 is 0 Å². The summed E-state index contributed by atoms with van der Waals surface area (Å²) in [6, 6.07) is 15.3. The standard InChI is InChI=1S/C19H23N3/c1-2-9-18-16(7-1)17-8-3-5-15(19(17)21-18)6-4-12-22-13-10-20-11-14-22/h1-3,5,7-9,20-21H,4,6,10-14H2. The minimum Gasteiger partial charge on any atom is -0.354 e. The van der Waals surface area contributed by atoms with E-state index in [1.165, 1.54) is 53.4 Å². The number of para-hydroxylation sites is 2. The normalized spacial score (nSPS) is 16.5. The van der Waals surface area contributed by atoms with Crippen molar-refractivity contribution >= 4 is 21.8 Å². The molecule has 0 atom stereocenters. The van der Waals surface area contributed by atoms with Crippen LogP contribution >= 0.6 is 0 Å². The van der Waals surface area contributed by atoms with E-state index in [-0.39, 0.29) is 0 Å². The SMILES string of the molecule is c1ccc2c(c1)[nH]c1c(CCCN3CCNCC3)cccc12. The molecule has 3 heteroatoms. The predicted octanol–water partition coefficient (Wildman–Crippen LogP) is 3.16. The van der Waals surface area contributed by atoms with Gasteiger partial charge in [0.05, 0.1) is 0 Å². The Kier molecular flexibility index (Phi) is 3.83. The molecule has 2 aromatic carbocycles. The molecule has 0 radical (unpaired) electrons. The van der Waals surface area contributed by atoms with Crippen LogP contribution in [0.15, 0.2) is 42.5 Å². The molecular formula is C19H23N3. The van der Waals surface area contributed by atoms with Crippen LogP contribution in [0.1, 0.15) is 12.0 Å². The van der Waals surface area contributed by atoms with Crippen molar-refractivity contribution in [2.75, 3.05) is 32.7 Å². The molecule has 4 rings (SSSR count). The lowest BCUT2D eigenvalue weighted by atomic mass is 10.0. The molecule has 1 aliphatic heterocycles. The Morgan fingerprint density at radius 2 is 1.73 bits per heavy atom. The molecule has 0 amide bonds. The fourth-order valence-electron chi connectivity index (χ4n) is 3.57. The number of H-pyrrole nitrogens is 1. The predicted molar refractivity (Wildman–Crippen MR) is 93.4 cm³/mol. The molecule has 0 saturated carbocycles. The number of benzene rings is 2. The minimum atomic E-state index is 1.14. The van der Waals surface area contributed by atoms with Crippen molar-refractivity contribution in [3.8, 4) is 0 Å². The number of fused-ring (bicyclic) bond motifs is 3. The number of rotatable bonds is 4. The van der Waals surface area contributed by atoms with Crippen LogP contribution in [0, 0.1) is 0 Å². The van der Waals surface area contributed by atoms with E-state index in [1.807, 2.05) is 0 Å². The average Bonchev–Trinajstić information content (AvgIpc) is 2.96. The summed E-state index contributed by atoms with van der Waals surface area (Å²) < 4.78 is 0. The maximum atomic E-state index is 3.61. The summed E-state index contributed by atoms with van der Waals surface area (Å²) in [6.45, 7) is 5.86. The lowest BCUT2D eigenvalue weighted by Crippen LogP contribution is -2.43. The Bertz CT molecular complexity index is 769. The summed E-state index contributed by atoms with van der Waals surface area (Å²) in [5.41, 5.74) is 4.01. The van der Waals surface area contributed by atoms with Gasteiger partial charge in [0.1, 0.15) is 0 Å². The topological polar surface area (TPSA) is 31.1 Å². The zero-order valence-corrected chi connectivity index (χ0v) is 12.9. The molecule has 0 unspecified atom stereocenters. The largest absolute Gasteiger partial charge is 0.354 e. The van der Waals surface area contributed by atoms with E-state index >= 15 is 0 Å². The highest BCUT2D eigenvalue weighted by molar-refractivity contribution is 6.08. The summed E-state index contributed by atoms with van der Waals surface area (Å²) in [4.78, 5) is 6.18. The summed E-state index contributed by atoms with van der Waals surface area (Å²) in [5.74, 6) is 0. The van der Waals surface area contributed by atoms with Gasteiger partial charge in [-0.2, -0.15) is 0 Å². The van der Waals surface area contributed by atoms with E-state index in [0.29, 0.717) is 0 Å². The van der Waals surface area contributed by atoms with Crippen LogP contribution in [0.2, 0.25) is 0 Å². The quantitative estimate of drug-likeness (QED) is 0.774. The first kappa shape index (κ1) is 13.8. The Hall–Kier alpha value is -1.84. The van der Waals surface area contributed by atoms with Gasteiger partial charge in [0.15, 0.2) is 0 Å². The van der Waals surface area contributed by atoms with Crippen molar-refractivity contribution in [2.45, 2.75) is 12.8 Å². The van der Waals surface area contributed by atoms with Gasteiger partial charge in [-0.1, -0.05) is 36.4 Å². The third-order valence-electron chi connectivity index (χ3n) is 4.76. The van der Waals surface area contributed by atoms with Crippen molar-refractivity contribution in [1.29, 1.82) is 0 Å². The van der Waals surface area contributed by atoms with Crippen LogP contribution in [0.3, 0.4) is 0 Å². The van der Waals surface area contributed by atoms with E-state index < -0.39 is 0 Å². The fraction of sp³-hybridized carbons (Fsp3) is 0.368. The van der Waals surface area contributed by atoms with Crippen LogP contribution in [-0.4, -0.2) is 42.6 Å². The first-order valence-electron chi connectivity index (χ1n) is 8.33. The van der Waals surface area contributed by atoms with Crippen LogP contribution in [0.4, 0.5) is 0 Å². The number of hydrogen-bond donors (Lipinski definition) is 2. The third-order valence-corrected chi connectivity index (χ3v) is 4.76. The van der Waals surface area contributed by atoms with Crippen LogP contribution in [0.5, 0.6) is 0 Å². The first-order valence-corrected chi connectivity index (χ1v) is 8.33. The number of nitrogens with one attached hydrogen (secondary N) is 2. The molecule has 1 fully saturated rings. The van der Waals surface area contributed by atoms with Crippen LogP contribution in [-0.2, 0) is 6.42 Å². The van der Waals surface area contributed by atoms with Gasteiger partial charge in [-0.05, 0) is 31.0 Å². The van der Waals surface area contributed by atoms with Gasteiger partial charge in [0, 0.05) is 48.0 Å². The Balaban J connectivity index is 1.53. The van der Waals surface area contributed by atoms with Gasteiger partial charge in [0.25, 0.3) is 0 Å². The maximum Gasteiger partial charge on any atom is 0.0497 e. The Morgan fingerprint density at radius 3 is 2.64 bits per heavy atom. The highest BCUT2D eigenvalue weighted by atomic mass is 15.2. The number of hydrogen-bond acceptors (Lipinski definition) is 2. The molecule has 0 spiro atoms. The van der Waals surface area contributed by atoms with Gasteiger partial charge < -0.3 is 15.2 Å². The highest BCUT2D eigenvalue weighted by Gasteiger charge is 2.10. The molecule has 2 heterocycles. The van der Waals surface area contributed by atoms with E-state index in [9.17, 15) is 0 Å². The van der Waals surface area contributed by atoms with Crippen molar-refractivity contribution in [3.63, 3.8) is 0 Å². The van der Waals surface area contributed by atoms with Gasteiger partial charge >= 0.3 is 0 Å². The number of piperazine rings is 1. The molecule has 0 aliphatic carbocycles. The molecule has 3 nitrogen and oxygen atoms in total. The fourth-order valence-corrected chi connectivity index (χ4v) is 3.57. The maximum absolute atomic E-state index is 3.61. The molecule has 3 aromatic rings. The second-order valence-electron chi connectivity index (χ2n) is 6.21. The highest BCUT2D eigenvalue weighted by Crippen LogP contribution is 2.28. The van der Waals surface area contributed by atoms with E-state index in [4.69, 9.17) is 0 Å². The van der Waals surface area contributed by atoms with Gasteiger partial charge in [0.2, 0.25) is 0 Å². The first-order chi connectivity index (χ1) is 10.9. The summed E-state index contributed by atoms with van der Waals surface area (Å²) in [7, 11) is 0. The molecule has 1 aliphatic rings. The molecule has 2 N–H and O–H groups in total. The van der Waals surface area contributed by atoms with Crippen LogP contribution in [0.25, 0.3) is 21.8 Å². The molecule has 22 heavy (non-hydrogen) atoms. The molecule has 1 saturated heterocycles. The number of nitrogens with zero attached hydrogens (tertiary/aromatic N) is 1. The monoisotopic (exact) mass is 293 g/mol. The Morgan fingerprint density at radius 1 is 0.909 bits per heavy atom. The van der Waals surface area contributed by atoms with E-state index in [0.717, 1.165) is 19.5 Å². The number of aryl methyl sites for hydroxylation is 1. The van der Waals surface area contributed by atoms with E-state index in [2.05, 4.69) is 57.7 Å².